The average Bonchev–Trinajstić information content (AvgIpc) is 2.60. The van der Waals surface area contributed by atoms with Gasteiger partial charge in [0.2, 0.25) is 0 Å². The highest BCUT2D eigenvalue weighted by atomic mass is 35.5. The van der Waals surface area contributed by atoms with Gasteiger partial charge in [-0.2, -0.15) is 0 Å². The number of ether oxygens (including phenoxy) is 3. The first-order valence-corrected chi connectivity index (χ1v) is 7.39. The fraction of sp³-hybridized carbons (Fsp3) is 0.167. The van der Waals surface area contributed by atoms with Crippen molar-refractivity contribution in [2.24, 2.45) is 0 Å². The van der Waals surface area contributed by atoms with Crippen LogP contribution in [0.15, 0.2) is 36.4 Å². The van der Waals surface area contributed by atoms with E-state index in [0.717, 1.165) is 0 Å². The van der Waals surface area contributed by atoms with E-state index in [4.69, 9.17) is 25.8 Å². The van der Waals surface area contributed by atoms with Gasteiger partial charge < -0.3 is 19.3 Å². The van der Waals surface area contributed by atoms with Crippen LogP contribution >= 0.6 is 11.6 Å². The van der Waals surface area contributed by atoms with E-state index in [1.54, 1.807) is 24.3 Å². The normalized spacial score (nSPS) is 10.7. The Morgan fingerprint density at radius 2 is 1.67 bits per heavy atom. The van der Waals surface area contributed by atoms with Gasteiger partial charge in [0, 0.05) is 6.07 Å². The predicted molar refractivity (Wildman–Crippen MR) is 92.6 cm³/mol. The van der Waals surface area contributed by atoms with Crippen molar-refractivity contribution >= 4 is 23.5 Å². The van der Waals surface area contributed by atoms with Crippen molar-refractivity contribution in [3.63, 3.8) is 0 Å². The fourth-order valence-corrected chi connectivity index (χ4v) is 2.35. The van der Waals surface area contributed by atoms with Gasteiger partial charge in [-0.15, -0.1) is 0 Å². The number of benzene rings is 2. The highest BCUT2D eigenvalue weighted by Crippen LogP contribution is 2.33. The molecule has 0 aliphatic carbocycles. The van der Waals surface area contributed by atoms with Gasteiger partial charge >= 0.3 is 0 Å². The molecule has 2 aromatic rings. The van der Waals surface area contributed by atoms with Crippen LogP contribution in [0.1, 0.15) is 15.9 Å². The quantitative estimate of drug-likeness (QED) is 0.632. The monoisotopic (exact) mass is 348 g/mol. The van der Waals surface area contributed by atoms with Crippen LogP contribution in [0.5, 0.6) is 23.0 Å². The predicted octanol–water partition coefficient (Wildman–Crippen LogP) is 3.97. The molecule has 0 atom stereocenters. The van der Waals surface area contributed by atoms with Crippen LogP contribution in [0, 0.1) is 0 Å². The highest BCUT2D eigenvalue weighted by Gasteiger charge is 2.14. The summed E-state index contributed by atoms with van der Waals surface area (Å²) in [7, 11) is 4.41. The number of halogens is 1. The summed E-state index contributed by atoms with van der Waals surface area (Å²) >= 11 is 6.08. The molecule has 0 saturated carbocycles. The third-order valence-corrected chi connectivity index (χ3v) is 3.67. The molecule has 126 valence electrons. The van der Waals surface area contributed by atoms with Gasteiger partial charge in [-0.25, -0.2) is 0 Å². The van der Waals surface area contributed by atoms with Gasteiger partial charge in [0.25, 0.3) is 0 Å². The molecule has 0 heterocycles. The number of phenolic OH excluding ortho intramolecular Hbond substituents is 1. The molecule has 0 bridgehead atoms. The lowest BCUT2D eigenvalue weighted by atomic mass is 10.1. The maximum Gasteiger partial charge on any atom is 0.189 e. The minimum Gasteiger partial charge on any atom is -0.504 e. The number of ketones is 1. The number of hydrogen-bond donors (Lipinski definition) is 1. The SMILES string of the molecule is COc1cc(C=CC(=O)c2cc(Cl)c(OC)cc2OC)ccc1O. The molecule has 2 rings (SSSR count). The molecule has 0 saturated heterocycles. The van der Waals surface area contributed by atoms with Crippen molar-refractivity contribution in [3.8, 4) is 23.0 Å². The van der Waals surface area contributed by atoms with Crippen molar-refractivity contribution in [2.75, 3.05) is 21.3 Å². The molecule has 6 heteroatoms. The second-order valence-electron chi connectivity index (χ2n) is 4.82. The Bertz CT molecular complexity index is 783. The van der Waals surface area contributed by atoms with Crippen molar-refractivity contribution < 1.29 is 24.1 Å². The summed E-state index contributed by atoms with van der Waals surface area (Å²) in [6.07, 6.45) is 3.01. The Labute approximate surface area is 145 Å². The summed E-state index contributed by atoms with van der Waals surface area (Å²) < 4.78 is 15.4. The minimum atomic E-state index is -0.275. The van der Waals surface area contributed by atoms with E-state index < -0.39 is 0 Å². The summed E-state index contributed by atoms with van der Waals surface area (Å²) in [6.45, 7) is 0. The summed E-state index contributed by atoms with van der Waals surface area (Å²) in [4.78, 5) is 12.4. The van der Waals surface area contributed by atoms with Gasteiger partial charge in [0.05, 0.1) is 31.9 Å². The molecule has 0 fully saturated rings. The Balaban J connectivity index is 2.31. The third-order valence-electron chi connectivity index (χ3n) is 3.37. The summed E-state index contributed by atoms with van der Waals surface area (Å²) in [5.74, 6) is 0.884. The summed E-state index contributed by atoms with van der Waals surface area (Å²) in [5, 5.41) is 9.90. The van der Waals surface area contributed by atoms with E-state index in [-0.39, 0.29) is 11.5 Å². The van der Waals surface area contributed by atoms with E-state index in [9.17, 15) is 9.90 Å². The lowest BCUT2D eigenvalue weighted by Crippen LogP contribution is -2.00. The second-order valence-corrected chi connectivity index (χ2v) is 5.22. The smallest absolute Gasteiger partial charge is 0.189 e. The molecule has 0 amide bonds. The van der Waals surface area contributed by atoms with E-state index >= 15 is 0 Å². The molecule has 0 spiro atoms. The minimum absolute atomic E-state index is 0.0320. The molecule has 5 nitrogen and oxygen atoms in total. The first-order chi connectivity index (χ1) is 11.5. The number of carbonyl (C=O) groups is 1. The zero-order valence-corrected chi connectivity index (χ0v) is 14.3. The second kappa shape index (κ2) is 7.75. The van der Waals surface area contributed by atoms with Crippen molar-refractivity contribution in [1.82, 2.24) is 0 Å². The zero-order valence-electron chi connectivity index (χ0n) is 13.5. The number of allylic oxidation sites excluding steroid dienone is 1. The van der Waals surface area contributed by atoms with Crippen LogP contribution in [-0.2, 0) is 0 Å². The van der Waals surface area contributed by atoms with Gasteiger partial charge in [0.15, 0.2) is 17.3 Å². The largest absolute Gasteiger partial charge is 0.504 e. The van der Waals surface area contributed by atoms with Crippen LogP contribution in [-0.4, -0.2) is 32.2 Å². The molecule has 24 heavy (non-hydrogen) atoms. The van der Waals surface area contributed by atoms with E-state index in [1.807, 2.05) is 0 Å². The molecular formula is C18H17ClO5. The van der Waals surface area contributed by atoms with Gasteiger partial charge in [-0.05, 0) is 29.8 Å². The average molecular weight is 349 g/mol. The van der Waals surface area contributed by atoms with Gasteiger partial charge in [0.1, 0.15) is 11.5 Å². The van der Waals surface area contributed by atoms with Crippen molar-refractivity contribution in [3.05, 3.63) is 52.6 Å². The van der Waals surface area contributed by atoms with E-state index in [1.165, 1.54) is 39.5 Å². The van der Waals surface area contributed by atoms with Crippen LogP contribution in [0.25, 0.3) is 6.08 Å². The van der Waals surface area contributed by atoms with E-state index in [0.29, 0.717) is 33.4 Å². The first kappa shape index (κ1) is 17.7. The number of rotatable bonds is 6. The fourth-order valence-electron chi connectivity index (χ4n) is 2.11. The Kier molecular flexibility index (Phi) is 5.71. The van der Waals surface area contributed by atoms with Crippen molar-refractivity contribution in [2.45, 2.75) is 0 Å². The molecular weight excluding hydrogens is 332 g/mol. The number of hydrogen-bond acceptors (Lipinski definition) is 5. The van der Waals surface area contributed by atoms with Crippen molar-refractivity contribution in [1.29, 1.82) is 0 Å². The number of carbonyl (C=O) groups excluding carboxylic acids is 1. The van der Waals surface area contributed by atoms with Crippen LogP contribution in [0.2, 0.25) is 5.02 Å². The lowest BCUT2D eigenvalue weighted by Gasteiger charge is -2.10. The number of methoxy groups -OCH3 is 3. The van der Waals surface area contributed by atoms with Gasteiger partial charge in [-0.3, -0.25) is 4.79 Å². The Morgan fingerprint density at radius 1 is 1.00 bits per heavy atom. The molecule has 0 radical (unpaired) electrons. The zero-order chi connectivity index (χ0) is 17.7. The Morgan fingerprint density at radius 3 is 2.29 bits per heavy atom. The molecule has 1 N–H and O–H groups in total. The maximum atomic E-state index is 12.4. The first-order valence-electron chi connectivity index (χ1n) is 7.01. The van der Waals surface area contributed by atoms with Crippen LogP contribution in [0.3, 0.4) is 0 Å². The van der Waals surface area contributed by atoms with E-state index in [2.05, 4.69) is 0 Å². The molecule has 0 unspecified atom stereocenters. The Hall–Kier alpha value is -2.66. The summed E-state index contributed by atoms with van der Waals surface area (Å²) in [6, 6.07) is 7.85. The molecule has 0 aromatic heterocycles. The third kappa shape index (κ3) is 3.81. The molecule has 0 aliphatic heterocycles. The standard InChI is InChI=1S/C18H17ClO5/c1-22-16-10-17(23-2)13(19)9-12(16)14(20)6-4-11-5-7-15(21)18(8-11)24-3/h4-10,21H,1-3H3. The maximum absolute atomic E-state index is 12.4. The van der Waals surface area contributed by atoms with Crippen LogP contribution < -0.4 is 14.2 Å². The topological polar surface area (TPSA) is 65.0 Å². The lowest BCUT2D eigenvalue weighted by molar-refractivity contribution is 0.104. The number of phenols is 1. The summed E-state index contributed by atoms with van der Waals surface area (Å²) in [5.41, 5.74) is 1.03. The molecule has 0 aliphatic rings. The van der Waals surface area contributed by atoms with Gasteiger partial charge in [-0.1, -0.05) is 23.7 Å². The van der Waals surface area contributed by atoms with Crippen LogP contribution in [0.4, 0.5) is 0 Å². The highest BCUT2D eigenvalue weighted by molar-refractivity contribution is 6.32. The molecule has 2 aromatic carbocycles. The number of aromatic hydroxyl groups is 1.